The molecule has 1 heterocycles. The molecule has 3 rings (SSSR count). The fraction of sp³-hybridized carbons (Fsp3) is 0.318. The van der Waals surface area contributed by atoms with Gasteiger partial charge in [-0.3, -0.25) is 4.79 Å². The van der Waals surface area contributed by atoms with Gasteiger partial charge in [-0.15, -0.1) is 0 Å². The van der Waals surface area contributed by atoms with Crippen molar-refractivity contribution in [3.63, 3.8) is 0 Å². The van der Waals surface area contributed by atoms with E-state index in [2.05, 4.69) is 12.1 Å². The minimum absolute atomic E-state index is 0.0908. The lowest BCUT2D eigenvalue weighted by Gasteiger charge is -2.29. The number of carbonyl (C=O) groups excluding carboxylic acids is 1. The molecule has 4 heteroatoms. The van der Waals surface area contributed by atoms with Gasteiger partial charge in [0.05, 0.1) is 0 Å². The van der Waals surface area contributed by atoms with Crippen LogP contribution in [0.3, 0.4) is 0 Å². The number of ether oxygens (including phenoxy) is 1. The van der Waals surface area contributed by atoms with E-state index in [4.69, 9.17) is 9.15 Å². The summed E-state index contributed by atoms with van der Waals surface area (Å²) in [5, 5.41) is 2.30. The number of rotatable bonds is 6. The van der Waals surface area contributed by atoms with Crippen molar-refractivity contribution in [1.29, 1.82) is 0 Å². The highest BCUT2D eigenvalue weighted by molar-refractivity contribution is 5.92. The molecule has 0 aliphatic rings. The van der Waals surface area contributed by atoms with E-state index in [0.717, 1.165) is 11.1 Å². The predicted octanol–water partition coefficient (Wildman–Crippen LogP) is 5.27. The SMILES string of the molecule is CC(C)N(C(=O)c1ccc(COc2ccc3ccccc3c2)o1)C(C)C. The molecule has 0 unspecified atom stereocenters. The Balaban J connectivity index is 1.68. The minimum atomic E-state index is -0.0908. The molecule has 0 N–H and O–H groups in total. The molecule has 0 saturated heterocycles. The number of amides is 1. The van der Waals surface area contributed by atoms with E-state index >= 15 is 0 Å². The largest absolute Gasteiger partial charge is 0.486 e. The average Bonchev–Trinajstić information content (AvgIpc) is 3.08. The Labute approximate surface area is 154 Å². The Kier molecular flexibility index (Phi) is 5.31. The van der Waals surface area contributed by atoms with Crippen LogP contribution in [0.2, 0.25) is 0 Å². The Morgan fingerprint density at radius 2 is 1.65 bits per heavy atom. The van der Waals surface area contributed by atoms with Crippen LogP contribution < -0.4 is 4.74 Å². The summed E-state index contributed by atoms with van der Waals surface area (Å²) in [7, 11) is 0. The molecular weight excluding hydrogens is 326 g/mol. The Morgan fingerprint density at radius 3 is 2.35 bits per heavy atom. The van der Waals surface area contributed by atoms with E-state index in [0.29, 0.717) is 11.5 Å². The summed E-state index contributed by atoms with van der Waals surface area (Å²) in [5.74, 6) is 1.67. The lowest BCUT2D eigenvalue weighted by Crippen LogP contribution is -2.41. The van der Waals surface area contributed by atoms with Crippen LogP contribution in [-0.2, 0) is 6.61 Å². The number of hydrogen-bond donors (Lipinski definition) is 0. The van der Waals surface area contributed by atoms with Crippen molar-refractivity contribution in [1.82, 2.24) is 4.90 Å². The number of hydrogen-bond acceptors (Lipinski definition) is 3. The molecule has 1 aromatic heterocycles. The molecule has 3 aromatic rings. The molecule has 26 heavy (non-hydrogen) atoms. The fourth-order valence-corrected chi connectivity index (χ4v) is 3.17. The molecule has 136 valence electrons. The monoisotopic (exact) mass is 351 g/mol. The fourth-order valence-electron chi connectivity index (χ4n) is 3.17. The smallest absolute Gasteiger partial charge is 0.290 e. The second-order valence-corrected chi connectivity index (χ2v) is 6.96. The third kappa shape index (κ3) is 3.90. The summed E-state index contributed by atoms with van der Waals surface area (Å²) in [6.45, 7) is 8.30. The van der Waals surface area contributed by atoms with E-state index in [-0.39, 0.29) is 24.6 Å². The normalized spacial score (nSPS) is 11.3. The lowest BCUT2D eigenvalue weighted by atomic mass is 10.1. The van der Waals surface area contributed by atoms with Crippen LogP contribution in [0.5, 0.6) is 5.75 Å². The first kappa shape index (κ1) is 18.1. The molecule has 0 saturated carbocycles. The standard InChI is InChI=1S/C22H25NO3/c1-15(2)23(16(3)4)22(24)21-12-11-20(26-21)14-25-19-10-9-17-7-5-6-8-18(17)13-19/h5-13,15-16H,14H2,1-4H3. The first-order valence-corrected chi connectivity index (χ1v) is 8.98. The van der Waals surface area contributed by atoms with Gasteiger partial charge in [-0.25, -0.2) is 0 Å². The van der Waals surface area contributed by atoms with Crippen LogP contribution in [0.1, 0.15) is 44.0 Å². The van der Waals surface area contributed by atoms with Gasteiger partial charge in [0.25, 0.3) is 5.91 Å². The number of carbonyl (C=O) groups is 1. The number of benzene rings is 2. The topological polar surface area (TPSA) is 42.7 Å². The summed E-state index contributed by atoms with van der Waals surface area (Å²) < 4.78 is 11.5. The first-order chi connectivity index (χ1) is 12.5. The van der Waals surface area contributed by atoms with Crippen molar-refractivity contribution in [2.24, 2.45) is 0 Å². The summed E-state index contributed by atoms with van der Waals surface area (Å²) >= 11 is 0. The van der Waals surface area contributed by atoms with Crippen molar-refractivity contribution in [2.75, 3.05) is 0 Å². The van der Waals surface area contributed by atoms with Gasteiger partial charge in [0.15, 0.2) is 5.76 Å². The van der Waals surface area contributed by atoms with Gasteiger partial charge in [0.2, 0.25) is 0 Å². The second kappa shape index (κ2) is 7.65. The third-order valence-corrected chi connectivity index (χ3v) is 4.32. The van der Waals surface area contributed by atoms with Gasteiger partial charge in [-0.05, 0) is 62.7 Å². The highest BCUT2D eigenvalue weighted by Crippen LogP contribution is 2.22. The molecule has 0 aliphatic carbocycles. The molecule has 1 amide bonds. The number of furan rings is 1. The van der Waals surface area contributed by atoms with E-state index in [1.54, 1.807) is 12.1 Å². The van der Waals surface area contributed by atoms with Crippen LogP contribution in [0.4, 0.5) is 0 Å². The highest BCUT2D eigenvalue weighted by atomic mass is 16.5. The zero-order chi connectivity index (χ0) is 18.7. The number of fused-ring (bicyclic) bond motifs is 1. The Bertz CT molecular complexity index is 887. The molecule has 0 atom stereocenters. The van der Waals surface area contributed by atoms with Crippen molar-refractivity contribution in [3.8, 4) is 5.75 Å². The van der Waals surface area contributed by atoms with Crippen LogP contribution in [-0.4, -0.2) is 22.9 Å². The van der Waals surface area contributed by atoms with Crippen molar-refractivity contribution < 1.29 is 13.9 Å². The molecule has 0 bridgehead atoms. The highest BCUT2D eigenvalue weighted by Gasteiger charge is 2.24. The maximum absolute atomic E-state index is 12.7. The van der Waals surface area contributed by atoms with Crippen molar-refractivity contribution in [3.05, 3.63) is 66.1 Å². The summed E-state index contributed by atoms with van der Waals surface area (Å²) in [6.07, 6.45) is 0. The van der Waals surface area contributed by atoms with Gasteiger partial charge in [-0.2, -0.15) is 0 Å². The first-order valence-electron chi connectivity index (χ1n) is 8.98. The lowest BCUT2D eigenvalue weighted by molar-refractivity contribution is 0.0606. The van der Waals surface area contributed by atoms with Gasteiger partial charge in [0, 0.05) is 12.1 Å². The minimum Gasteiger partial charge on any atom is -0.486 e. The molecule has 0 fully saturated rings. The maximum atomic E-state index is 12.7. The molecule has 4 nitrogen and oxygen atoms in total. The molecule has 0 spiro atoms. The Hall–Kier alpha value is -2.75. The molecule has 2 aromatic carbocycles. The molecule has 0 radical (unpaired) electrons. The summed E-state index contributed by atoms with van der Waals surface area (Å²) in [5.41, 5.74) is 0. The zero-order valence-electron chi connectivity index (χ0n) is 15.7. The van der Waals surface area contributed by atoms with Crippen LogP contribution >= 0.6 is 0 Å². The molecule has 0 aliphatic heterocycles. The maximum Gasteiger partial charge on any atom is 0.290 e. The van der Waals surface area contributed by atoms with Crippen LogP contribution in [0.15, 0.2) is 59.0 Å². The van der Waals surface area contributed by atoms with Gasteiger partial charge >= 0.3 is 0 Å². The van der Waals surface area contributed by atoms with Gasteiger partial charge in [-0.1, -0.05) is 30.3 Å². The summed E-state index contributed by atoms with van der Waals surface area (Å²) in [4.78, 5) is 14.5. The third-order valence-electron chi connectivity index (χ3n) is 4.32. The van der Waals surface area contributed by atoms with Crippen molar-refractivity contribution in [2.45, 2.75) is 46.4 Å². The quantitative estimate of drug-likeness (QED) is 0.607. The van der Waals surface area contributed by atoms with Gasteiger partial charge in [0.1, 0.15) is 18.1 Å². The predicted molar refractivity (Wildman–Crippen MR) is 103 cm³/mol. The van der Waals surface area contributed by atoms with Crippen molar-refractivity contribution >= 4 is 16.7 Å². The van der Waals surface area contributed by atoms with E-state index in [1.807, 2.05) is 62.9 Å². The van der Waals surface area contributed by atoms with E-state index in [1.165, 1.54) is 5.39 Å². The molecular formula is C22H25NO3. The average molecular weight is 351 g/mol. The van der Waals surface area contributed by atoms with Gasteiger partial charge < -0.3 is 14.1 Å². The zero-order valence-corrected chi connectivity index (χ0v) is 15.7. The van der Waals surface area contributed by atoms with Crippen LogP contribution in [0, 0.1) is 0 Å². The second-order valence-electron chi connectivity index (χ2n) is 6.96. The van der Waals surface area contributed by atoms with Crippen LogP contribution in [0.25, 0.3) is 10.8 Å². The van der Waals surface area contributed by atoms with E-state index in [9.17, 15) is 4.79 Å². The Morgan fingerprint density at radius 1 is 0.962 bits per heavy atom. The van der Waals surface area contributed by atoms with E-state index < -0.39 is 0 Å². The number of nitrogens with zero attached hydrogens (tertiary/aromatic N) is 1. The summed E-state index contributed by atoms with van der Waals surface area (Å²) in [6, 6.07) is 17.9.